The molecule has 142 valence electrons. The lowest BCUT2D eigenvalue weighted by Crippen LogP contribution is -2.22. The summed E-state index contributed by atoms with van der Waals surface area (Å²) < 4.78 is 10.4. The molecule has 3 aromatic rings. The van der Waals surface area contributed by atoms with E-state index in [1.807, 2.05) is 43.5 Å². The molecule has 3 rings (SSSR count). The second kappa shape index (κ2) is 9.05. The monoisotopic (exact) mass is 403 g/mol. The number of hydrogen-bond acceptors (Lipinski definition) is 7. The van der Waals surface area contributed by atoms with Crippen molar-refractivity contribution in [2.45, 2.75) is 31.8 Å². The molecule has 0 radical (unpaired) electrons. The predicted octanol–water partition coefficient (Wildman–Crippen LogP) is 4.77. The maximum atomic E-state index is 12.2. The average molecular weight is 404 g/mol. The molecule has 8 heteroatoms. The minimum atomic E-state index is -0.224. The van der Waals surface area contributed by atoms with Gasteiger partial charge in [0.25, 0.3) is 0 Å². The number of aryl methyl sites for hydroxylation is 1. The Hall–Kier alpha value is -2.32. The fraction of sp³-hybridized carbons (Fsp3) is 0.316. The highest BCUT2D eigenvalue weighted by atomic mass is 32.2. The van der Waals surface area contributed by atoms with Crippen molar-refractivity contribution >= 4 is 34.8 Å². The zero-order chi connectivity index (χ0) is 19.2. The van der Waals surface area contributed by atoms with Gasteiger partial charge in [-0.05, 0) is 45.0 Å². The maximum Gasteiger partial charge on any atom is 0.238 e. The molecule has 2 aromatic heterocycles. The van der Waals surface area contributed by atoms with Gasteiger partial charge in [-0.25, -0.2) is 4.98 Å². The molecule has 0 spiro atoms. The molecule has 2 heterocycles. The number of nitrogens with zero attached hydrogens (tertiary/aromatic N) is 2. The van der Waals surface area contributed by atoms with Crippen LogP contribution in [0.5, 0.6) is 5.75 Å². The summed E-state index contributed by atoms with van der Waals surface area (Å²) in [5.74, 6) is 2.53. The van der Waals surface area contributed by atoms with Gasteiger partial charge in [-0.3, -0.25) is 4.79 Å². The molecule has 0 saturated heterocycles. The predicted molar refractivity (Wildman–Crippen MR) is 109 cm³/mol. The minimum absolute atomic E-state index is 0.102. The second-order valence-corrected chi connectivity index (χ2v) is 8.05. The lowest BCUT2D eigenvalue weighted by molar-refractivity contribution is -0.115. The molecule has 0 aliphatic rings. The molecule has 1 atom stereocenters. The third-order valence-electron chi connectivity index (χ3n) is 3.69. The fourth-order valence-corrected chi connectivity index (χ4v) is 4.02. The van der Waals surface area contributed by atoms with E-state index in [1.54, 1.807) is 24.3 Å². The number of hydrogen-bond donors (Lipinski definition) is 1. The molecule has 1 amide bonds. The van der Waals surface area contributed by atoms with Gasteiger partial charge in [0.15, 0.2) is 5.82 Å². The van der Waals surface area contributed by atoms with E-state index in [1.165, 1.54) is 11.8 Å². The SMILES string of the molecule is CCOc1ccc(-c2nc(CSC(C)C(=O)Nc3cc(C)on3)cs2)cc1. The van der Waals surface area contributed by atoms with E-state index in [0.717, 1.165) is 22.0 Å². The van der Waals surface area contributed by atoms with E-state index in [0.29, 0.717) is 23.9 Å². The van der Waals surface area contributed by atoms with Crippen molar-refractivity contribution in [3.63, 3.8) is 0 Å². The van der Waals surface area contributed by atoms with Crippen molar-refractivity contribution in [1.29, 1.82) is 0 Å². The number of carbonyl (C=O) groups is 1. The summed E-state index contributed by atoms with van der Waals surface area (Å²) in [6.45, 7) is 6.27. The van der Waals surface area contributed by atoms with Gasteiger partial charge in [-0.2, -0.15) is 0 Å². The highest BCUT2D eigenvalue weighted by molar-refractivity contribution is 7.99. The molecule has 0 fully saturated rings. The Kier molecular flexibility index (Phi) is 6.52. The highest BCUT2D eigenvalue weighted by Crippen LogP contribution is 2.28. The second-order valence-electron chi connectivity index (χ2n) is 5.87. The third kappa shape index (κ3) is 5.33. The van der Waals surface area contributed by atoms with E-state index < -0.39 is 0 Å². The minimum Gasteiger partial charge on any atom is -0.494 e. The van der Waals surface area contributed by atoms with Gasteiger partial charge < -0.3 is 14.6 Å². The van der Waals surface area contributed by atoms with Gasteiger partial charge in [0.05, 0.1) is 17.6 Å². The first-order valence-corrected chi connectivity index (χ1v) is 10.5. The van der Waals surface area contributed by atoms with Crippen LogP contribution in [0.1, 0.15) is 25.3 Å². The van der Waals surface area contributed by atoms with Gasteiger partial charge in [0.2, 0.25) is 5.91 Å². The molecule has 0 aliphatic carbocycles. The van der Waals surface area contributed by atoms with Crippen LogP contribution in [0.3, 0.4) is 0 Å². The Labute approximate surface area is 166 Å². The molecule has 1 unspecified atom stereocenters. The van der Waals surface area contributed by atoms with E-state index in [4.69, 9.17) is 9.26 Å². The van der Waals surface area contributed by atoms with E-state index in [2.05, 4.69) is 15.5 Å². The number of benzene rings is 1. The first kappa shape index (κ1) is 19.4. The fourth-order valence-electron chi connectivity index (χ4n) is 2.31. The molecule has 0 aliphatic heterocycles. The summed E-state index contributed by atoms with van der Waals surface area (Å²) >= 11 is 3.13. The summed E-state index contributed by atoms with van der Waals surface area (Å²) in [5, 5.41) is 9.30. The normalized spacial score (nSPS) is 12.0. The number of rotatable bonds is 8. The van der Waals surface area contributed by atoms with Crippen LogP contribution >= 0.6 is 23.1 Å². The van der Waals surface area contributed by atoms with Gasteiger partial charge in [0, 0.05) is 22.8 Å². The standard InChI is InChI=1S/C19H21N3O3S2/c1-4-24-16-7-5-14(6-8-16)19-20-15(11-27-19)10-26-13(3)18(23)21-17-9-12(2)25-22-17/h5-9,11,13H,4,10H2,1-3H3,(H,21,22,23). The Bertz CT molecular complexity index is 890. The Morgan fingerprint density at radius 1 is 1.37 bits per heavy atom. The van der Waals surface area contributed by atoms with Crippen molar-refractivity contribution in [3.8, 4) is 16.3 Å². The van der Waals surface area contributed by atoms with E-state index >= 15 is 0 Å². The van der Waals surface area contributed by atoms with Crippen molar-refractivity contribution in [2.75, 3.05) is 11.9 Å². The van der Waals surface area contributed by atoms with Crippen LogP contribution in [0.2, 0.25) is 0 Å². The summed E-state index contributed by atoms with van der Waals surface area (Å²) in [5.41, 5.74) is 2.03. The molecule has 6 nitrogen and oxygen atoms in total. The van der Waals surface area contributed by atoms with Gasteiger partial charge >= 0.3 is 0 Å². The topological polar surface area (TPSA) is 77.2 Å². The summed E-state index contributed by atoms with van der Waals surface area (Å²) in [6, 6.07) is 9.62. The quantitative estimate of drug-likeness (QED) is 0.584. The number of carbonyl (C=O) groups excluding carboxylic acids is 1. The van der Waals surface area contributed by atoms with Crippen LogP contribution in [0.25, 0.3) is 10.6 Å². The zero-order valence-corrected chi connectivity index (χ0v) is 17.0. The van der Waals surface area contributed by atoms with Crippen molar-refractivity contribution < 1.29 is 14.1 Å². The number of amides is 1. The van der Waals surface area contributed by atoms with Gasteiger partial charge in [-0.15, -0.1) is 23.1 Å². The summed E-state index contributed by atoms with van der Waals surface area (Å²) in [6.07, 6.45) is 0. The molecular formula is C19H21N3O3S2. The van der Waals surface area contributed by atoms with Crippen LogP contribution in [0.4, 0.5) is 5.82 Å². The molecule has 1 aromatic carbocycles. The lowest BCUT2D eigenvalue weighted by atomic mass is 10.2. The molecular weight excluding hydrogens is 382 g/mol. The van der Waals surface area contributed by atoms with E-state index in [9.17, 15) is 4.79 Å². The number of anilines is 1. The van der Waals surface area contributed by atoms with Crippen LogP contribution in [0.15, 0.2) is 40.2 Å². The number of nitrogens with one attached hydrogen (secondary N) is 1. The number of thiazole rings is 1. The Morgan fingerprint density at radius 2 is 2.15 bits per heavy atom. The zero-order valence-electron chi connectivity index (χ0n) is 15.4. The average Bonchev–Trinajstić information content (AvgIpc) is 3.29. The number of ether oxygens (including phenoxy) is 1. The first-order chi connectivity index (χ1) is 13.0. The van der Waals surface area contributed by atoms with Crippen molar-refractivity contribution in [1.82, 2.24) is 10.1 Å². The molecule has 27 heavy (non-hydrogen) atoms. The Balaban J connectivity index is 1.53. The van der Waals surface area contributed by atoms with Crippen LogP contribution in [-0.2, 0) is 10.5 Å². The highest BCUT2D eigenvalue weighted by Gasteiger charge is 2.16. The third-order valence-corrected chi connectivity index (χ3v) is 5.81. The molecule has 0 saturated carbocycles. The Morgan fingerprint density at radius 3 is 2.81 bits per heavy atom. The molecule has 0 bridgehead atoms. The van der Waals surface area contributed by atoms with Crippen LogP contribution in [-0.4, -0.2) is 27.9 Å². The van der Waals surface area contributed by atoms with E-state index in [-0.39, 0.29) is 11.2 Å². The number of thioether (sulfide) groups is 1. The summed E-state index contributed by atoms with van der Waals surface area (Å²) in [7, 11) is 0. The maximum absolute atomic E-state index is 12.2. The molecule has 1 N–H and O–H groups in total. The smallest absolute Gasteiger partial charge is 0.238 e. The largest absolute Gasteiger partial charge is 0.494 e. The lowest BCUT2D eigenvalue weighted by Gasteiger charge is -2.09. The van der Waals surface area contributed by atoms with Crippen LogP contribution < -0.4 is 10.1 Å². The van der Waals surface area contributed by atoms with Gasteiger partial charge in [-0.1, -0.05) is 5.16 Å². The van der Waals surface area contributed by atoms with Gasteiger partial charge in [0.1, 0.15) is 16.5 Å². The van der Waals surface area contributed by atoms with Crippen molar-refractivity contribution in [3.05, 3.63) is 47.2 Å². The first-order valence-electron chi connectivity index (χ1n) is 8.58. The van der Waals surface area contributed by atoms with Crippen LogP contribution in [0, 0.1) is 6.92 Å². The van der Waals surface area contributed by atoms with Crippen molar-refractivity contribution in [2.24, 2.45) is 0 Å². The summed E-state index contributed by atoms with van der Waals surface area (Å²) in [4.78, 5) is 16.9. The number of aromatic nitrogens is 2.